The van der Waals surface area contributed by atoms with Crippen molar-refractivity contribution in [1.82, 2.24) is 5.32 Å². The molecule has 0 bridgehead atoms. The quantitative estimate of drug-likeness (QED) is 0.734. The number of rotatable bonds is 3. The van der Waals surface area contributed by atoms with Crippen LogP contribution < -0.4 is 5.32 Å². The molecule has 3 atom stereocenters. The highest BCUT2D eigenvalue weighted by Gasteiger charge is 2.38. The highest BCUT2D eigenvalue weighted by atomic mass is 32.2. The molecule has 1 aliphatic carbocycles. The Hall–Kier alpha value is -0.620. The van der Waals surface area contributed by atoms with E-state index >= 15 is 0 Å². The van der Waals surface area contributed by atoms with Crippen LogP contribution >= 0.6 is 0 Å². The van der Waals surface area contributed by atoms with Crippen LogP contribution in [0.25, 0.3) is 0 Å². The Morgan fingerprint density at radius 3 is 2.50 bits per heavy atom. The van der Waals surface area contributed by atoms with Gasteiger partial charge in [-0.2, -0.15) is 0 Å². The van der Waals surface area contributed by atoms with Crippen LogP contribution in [-0.4, -0.2) is 43.1 Å². The molecular weight excluding hydrogens is 230 g/mol. The summed E-state index contributed by atoms with van der Waals surface area (Å²) >= 11 is 0. The van der Waals surface area contributed by atoms with Gasteiger partial charge in [-0.1, -0.05) is 0 Å². The van der Waals surface area contributed by atoms with E-state index in [1.807, 2.05) is 0 Å². The van der Waals surface area contributed by atoms with E-state index in [-0.39, 0.29) is 29.5 Å². The van der Waals surface area contributed by atoms with Crippen molar-refractivity contribution < 1.29 is 18.3 Å². The molecule has 3 unspecified atom stereocenters. The number of hydrogen-bond donors (Lipinski definition) is 2. The van der Waals surface area contributed by atoms with Gasteiger partial charge in [-0.05, 0) is 25.7 Å². The fourth-order valence-corrected chi connectivity index (χ4v) is 4.10. The summed E-state index contributed by atoms with van der Waals surface area (Å²) in [4.78, 5) is 10.8. The molecule has 1 heterocycles. The van der Waals surface area contributed by atoms with E-state index in [1.165, 1.54) is 0 Å². The van der Waals surface area contributed by atoms with Gasteiger partial charge in [-0.3, -0.25) is 4.79 Å². The fraction of sp³-hybridized carbons (Fsp3) is 0.900. The lowest BCUT2D eigenvalue weighted by atomic mass is 9.79. The number of nitrogens with one attached hydrogen (secondary N) is 1. The Morgan fingerprint density at radius 2 is 2.00 bits per heavy atom. The molecule has 2 fully saturated rings. The number of hydrogen-bond acceptors (Lipinski definition) is 4. The van der Waals surface area contributed by atoms with Crippen molar-refractivity contribution in [2.45, 2.75) is 37.8 Å². The van der Waals surface area contributed by atoms with E-state index in [0.29, 0.717) is 12.8 Å². The van der Waals surface area contributed by atoms with E-state index in [1.54, 1.807) is 0 Å². The Labute approximate surface area is 95.1 Å². The molecule has 0 amide bonds. The van der Waals surface area contributed by atoms with Gasteiger partial charge in [-0.25, -0.2) is 8.42 Å². The highest BCUT2D eigenvalue weighted by Crippen LogP contribution is 2.29. The normalized spacial score (nSPS) is 37.6. The maximum absolute atomic E-state index is 11.4. The highest BCUT2D eigenvalue weighted by molar-refractivity contribution is 7.91. The zero-order chi connectivity index (χ0) is 11.8. The van der Waals surface area contributed by atoms with E-state index in [2.05, 4.69) is 5.32 Å². The number of carbonyl (C=O) groups is 1. The smallest absolute Gasteiger partial charge is 0.308 e. The number of carboxylic acid groups (broad SMARTS) is 1. The number of sulfone groups is 1. The van der Waals surface area contributed by atoms with E-state index in [0.717, 1.165) is 12.8 Å². The molecule has 2 N–H and O–H groups in total. The number of carboxylic acids is 1. The SMILES string of the molecule is O=C(O)C1CCC1NC1CCCS(=O)(=O)C1. The molecule has 1 aliphatic heterocycles. The molecule has 0 radical (unpaired) electrons. The van der Waals surface area contributed by atoms with Gasteiger partial charge >= 0.3 is 5.97 Å². The average molecular weight is 247 g/mol. The van der Waals surface area contributed by atoms with Crippen molar-refractivity contribution in [2.24, 2.45) is 5.92 Å². The Balaban J connectivity index is 1.88. The predicted molar refractivity (Wildman–Crippen MR) is 59.0 cm³/mol. The molecule has 16 heavy (non-hydrogen) atoms. The average Bonchev–Trinajstić information content (AvgIpc) is 2.10. The lowest BCUT2D eigenvalue weighted by molar-refractivity contribution is -0.146. The van der Waals surface area contributed by atoms with Crippen LogP contribution in [0.5, 0.6) is 0 Å². The van der Waals surface area contributed by atoms with Gasteiger partial charge in [0.15, 0.2) is 9.84 Å². The second-order valence-electron chi connectivity index (χ2n) is 4.75. The second kappa shape index (κ2) is 4.33. The third-order valence-corrected chi connectivity index (χ3v) is 5.33. The Bertz CT molecular complexity index is 378. The molecule has 2 rings (SSSR count). The summed E-state index contributed by atoms with van der Waals surface area (Å²) in [6, 6.07) is -0.0818. The molecule has 0 aromatic carbocycles. The van der Waals surface area contributed by atoms with Crippen molar-refractivity contribution in [3.8, 4) is 0 Å². The van der Waals surface area contributed by atoms with Crippen molar-refractivity contribution in [1.29, 1.82) is 0 Å². The van der Waals surface area contributed by atoms with E-state index in [4.69, 9.17) is 5.11 Å². The molecule has 1 saturated heterocycles. The maximum atomic E-state index is 11.4. The van der Waals surface area contributed by atoms with E-state index < -0.39 is 15.8 Å². The zero-order valence-corrected chi connectivity index (χ0v) is 9.87. The molecule has 0 aromatic heterocycles. The third-order valence-electron chi connectivity index (χ3n) is 3.50. The van der Waals surface area contributed by atoms with Crippen LogP contribution in [0.15, 0.2) is 0 Å². The second-order valence-corrected chi connectivity index (χ2v) is 6.98. The first kappa shape index (κ1) is 11.9. The molecule has 2 aliphatic rings. The molecule has 92 valence electrons. The minimum Gasteiger partial charge on any atom is -0.481 e. The largest absolute Gasteiger partial charge is 0.481 e. The van der Waals surface area contributed by atoms with Gasteiger partial charge < -0.3 is 10.4 Å². The monoisotopic (exact) mass is 247 g/mol. The van der Waals surface area contributed by atoms with Gasteiger partial charge in [0.05, 0.1) is 17.4 Å². The maximum Gasteiger partial charge on any atom is 0.308 e. The summed E-state index contributed by atoms with van der Waals surface area (Å²) in [5.41, 5.74) is 0. The summed E-state index contributed by atoms with van der Waals surface area (Å²) in [5.74, 6) is -0.666. The molecule has 6 heteroatoms. The summed E-state index contributed by atoms with van der Waals surface area (Å²) < 4.78 is 22.8. The molecule has 5 nitrogen and oxygen atoms in total. The van der Waals surface area contributed by atoms with Crippen LogP contribution in [0, 0.1) is 5.92 Å². The van der Waals surface area contributed by atoms with Crippen molar-refractivity contribution >= 4 is 15.8 Å². The molecule has 0 spiro atoms. The van der Waals surface area contributed by atoms with Gasteiger partial charge in [0.1, 0.15) is 0 Å². The van der Waals surface area contributed by atoms with Crippen molar-refractivity contribution in [3.05, 3.63) is 0 Å². The van der Waals surface area contributed by atoms with Gasteiger partial charge in [0.25, 0.3) is 0 Å². The summed E-state index contributed by atoms with van der Waals surface area (Å²) in [7, 11) is -2.91. The minimum absolute atomic E-state index is 0.0317. The first-order valence-corrected chi connectivity index (χ1v) is 7.49. The van der Waals surface area contributed by atoms with Gasteiger partial charge in [-0.15, -0.1) is 0 Å². The standard InChI is InChI=1S/C10H17NO4S/c12-10(13)8-3-4-9(8)11-7-2-1-5-16(14,15)6-7/h7-9,11H,1-6H2,(H,12,13). The van der Waals surface area contributed by atoms with Gasteiger partial charge in [0.2, 0.25) is 0 Å². The number of aliphatic carboxylic acids is 1. The lowest BCUT2D eigenvalue weighted by Crippen LogP contribution is -2.54. The van der Waals surface area contributed by atoms with Crippen LogP contribution in [-0.2, 0) is 14.6 Å². The topological polar surface area (TPSA) is 83.5 Å². The molecular formula is C10H17NO4S. The Morgan fingerprint density at radius 1 is 1.25 bits per heavy atom. The lowest BCUT2D eigenvalue weighted by Gasteiger charge is -2.38. The van der Waals surface area contributed by atoms with Crippen LogP contribution in [0.1, 0.15) is 25.7 Å². The summed E-state index contributed by atoms with van der Waals surface area (Å²) in [6.07, 6.45) is 3.06. The predicted octanol–water partition coefficient (Wildman–Crippen LogP) is 0.0164. The first-order valence-electron chi connectivity index (χ1n) is 5.67. The van der Waals surface area contributed by atoms with Crippen LogP contribution in [0.4, 0.5) is 0 Å². The molecule has 1 saturated carbocycles. The summed E-state index contributed by atoms with van der Waals surface area (Å²) in [6.45, 7) is 0. The van der Waals surface area contributed by atoms with E-state index in [9.17, 15) is 13.2 Å². The molecule has 0 aromatic rings. The third kappa shape index (κ3) is 2.55. The van der Waals surface area contributed by atoms with Crippen LogP contribution in [0.3, 0.4) is 0 Å². The summed E-state index contributed by atoms with van der Waals surface area (Å²) in [5, 5.41) is 12.1. The van der Waals surface area contributed by atoms with Crippen molar-refractivity contribution in [3.63, 3.8) is 0 Å². The zero-order valence-electron chi connectivity index (χ0n) is 9.05. The Kier molecular flexibility index (Phi) is 3.21. The van der Waals surface area contributed by atoms with Gasteiger partial charge in [0, 0.05) is 12.1 Å². The first-order chi connectivity index (χ1) is 7.48. The van der Waals surface area contributed by atoms with Crippen LogP contribution in [0.2, 0.25) is 0 Å². The van der Waals surface area contributed by atoms with Crippen molar-refractivity contribution in [2.75, 3.05) is 11.5 Å². The fourth-order valence-electron chi connectivity index (χ4n) is 2.45. The minimum atomic E-state index is -2.91.